The van der Waals surface area contributed by atoms with Crippen LogP contribution in [0.4, 0.5) is 0 Å². The normalized spacial score (nSPS) is 10.8. The largest absolute Gasteiger partial charge is 0.507 e. The summed E-state index contributed by atoms with van der Waals surface area (Å²) in [6, 6.07) is 9.75. The Kier molecular flexibility index (Phi) is 8.77. The van der Waals surface area contributed by atoms with Crippen molar-refractivity contribution >= 4 is 24.1 Å². The highest BCUT2D eigenvalue weighted by molar-refractivity contribution is 6.01. The molecule has 1 amide bonds. The van der Waals surface area contributed by atoms with Crippen molar-refractivity contribution in [3.05, 3.63) is 75.3 Å². The van der Waals surface area contributed by atoms with Gasteiger partial charge in [0.2, 0.25) is 0 Å². The molecule has 0 aliphatic heterocycles. The van der Waals surface area contributed by atoms with E-state index in [2.05, 4.69) is 15.3 Å². The zero-order chi connectivity index (χ0) is 28.9. The summed E-state index contributed by atoms with van der Waals surface area (Å²) in [7, 11) is 1.17. The summed E-state index contributed by atoms with van der Waals surface area (Å²) in [6.07, 6.45) is 0.971. The highest BCUT2D eigenvalue weighted by Gasteiger charge is 2.25. The van der Waals surface area contributed by atoms with Crippen molar-refractivity contribution in [2.45, 2.75) is 27.7 Å². The van der Waals surface area contributed by atoms with Gasteiger partial charge >= 0.3 is 11.9 Å². The molecule has 4 N–H and O–H groups in total. The number of hydrogen-bond donors (Lipinski definition) is 4. The van der Waals surface area contributed by atoms with Crippen molar-refractivity contribution in [1.82, 2.24) is 5.43 Å². The van der Waals surface area contributed by atoms with E-state index in [1.54, 1.807) is 12.1 Å². The number of amides is 1. The number of aromatic hydroxyl groups is 3. The van der Waals surface area contributed by atoms with Gasteiger partial charge < -0.3 is 29.5 Å². The van der Waals surface area contributed by atoms with Crippen LogP contribution in [0.3, 0.4) is 0 Å². The summed E-state index contributed by atoms with van der Waals surface area (Å²) in [5.74, 6) is -3.32. The Morgan fingerprint density at radius 3 is 2.18 bits per heavy atom. The standard InChI is InChI=1S/C28H28N2O9/c1-14-8-6-7-9-20(14)38-13-22(32)30-29-12-18-19(31)10-15(2)24(26(18)34)28(36)39-21-11-16(3)23(27(35)37-5)25(33)17(21)4/h6-12,31,33-34H,13H2,1-5H3,(H,30,32)/b29-12+. The van der Waals surface area contributed by atoms with E-state index in [1.165, 1.54) is 40.0 Å². The number of phenolic OH excluding ortho intramolecular Hbond substituents is 3. The van der Waals surface area contributed by atoms with E-state index in [1.807, 2.05) is 19.1 Å². The van der Waals surface area contributed by atoms with Crippen LogP contribution in [0.2, 0.25) is 0 Å². The predicted molar refractivity (Wildman–Crippen MR) is 141 cm³/mol. The Bertz CT molecular complexity index is 1480. The average molecular weight is 537 g/mol. The highest BCUT2D eigenvalue weighted by Crippen LogP contribution is 2.36. The van der Waals surface area contributed by atoms with E-state index < -0.39 is 35.1 Å². The predicted octanol–water partition coefficient (Wildman–Crippen LogP) is 3.57. The molecule has 0 aliphatic rings. The molecule has 11 heteroatoms. The summed E-state index contributed by atoms with van der Waals surface area (Å²) in [4.78, 5) is 37.1. The third-order valence-corrected chi connectivity index (χ3v) is 5.85. The van der Waals surface area contributed by atoms with Crippen molar-refractivity contribution in [1.29, 1.82) is 0 Å². The number of nitrogens with zero attached hydrogens (tertiary/aromatic N) is 1. The topological polar surface area (TPSA) is 164 Å². The van der Waals surface area contributed by atoms with Crippen LogP contribution in [0.1, 0.15) is 48.5 Å². The van der Waals surface area contributed by atoms with Crippen LogP contribution in [0.25, 0.3) is 0 Å². The van der Waals surface area contributed by atoms with Gasteiger partial charge in [-0.1, -0.05) is 18.2 Å². The number of methoxy groups -OCH3 is 1. The number of aryl methyl sites for hydroxylation is 3. The van der Waals surface area contributed by atoms with Crippen LogP contribution in [0.15, 0.2) is 41.5 Å². The van der Waals surface area contributed by atoms with Gasteiger partial charge in [0, 0.05) is 5.56 Å². The Balaban J connectivity index is 1.80. The van der Waals surface area contributed by atoms with E-state index in [9.17, 15) is 29.7 Å². The summed E-state index contributed by atoms with van der Waals surface area (Å²) in [6.45, 7) is 5.95. The van der Waals surface area contributed by atoms with Crippen LogP contribution in [0.5, 0.6) is 28.7 Å². The molecule has 0 radical (unpaired) electrons. The number of phenols is 3. The SMILES string of the molecule is COC(=O)c1c(C)cc(OC(=O)c2c(C)cc(O)c(/C=N/NC(=O)COc3ccccc3C)c2O)c(C)c1O. The second-order valence-electron chi connectivity index (χ2n) is 8.62. The van der Waals surface area contributed by atoms with Gasteiger partial charge in [-0.05, 0) is 62.6 Å². The average Bonchev–Trinajstić information content (AvgIpc) is 2.88. The first-order valence-electron chi connectivity index (χ1n) is 11.7. The van der Waals surface area contributed by atoms with Crippen molar-refractivity contribution in [3.63, 3.8) is 0 Å². The van der Waals surface area contributed by atoms with Crippen molar-refractivity contribution in [2.24, 2.45) is 5.10 Å². The van der Waals surface area contributed by atoms with Gasteiger partial charge in [-0.15, -0.1) is 0 Å². The van der Waals surface area contributed by atoms with Crippen molar-refractivity contribution in [3.8, 4) is 28.7 Å². The van der Waals surface area contributed by atoms with Crippen molar-refractivity contribution < 1.29 is 43.9 Å². The lowest BCUT2D eigenvalue weighted by molar-refractivity contribution is -0.123. The second-order valence-corrected chi connectivity index (χ2v) is 8.62. The molecule has 204 valence electrons. The number of ether oxygens (including phenoxy) is 3. The molecule has 0 spiro atoms. The number of para-hydroxylation sites is 1. The number of hydrazone groups is 1. The van der Waals surface area contributed by atoms with Gasteiger partial charge in [-0.2, -0.15) is 5.10 Å². The number of carbonyl (C=O) groups excluding carboxylic acids is 3. The molecular weight excluding hydrogens is 508 g/mol. The third-order valence-electron chi connectivity index (χ3n) is 5.85. The smallest absolute Gasteiger partial charge is 0.347 e. The first-order chi connectivity index (χ1) is 18.5. The van der Waals surface area contributed by atoms with Crippen molar-refractivity contribution in [2.75, 3.05) is 13.7 Å². The summed E-state index contributed by atoms with van der Waals surface area (Å²) >= 11 is 0. The van der Waals surface area contributed by atoms with Crippen LogP contribution >= 0.6 is 0 Å². The van der Waals surface area contributed by atoms with Crippen LogP contribution in [0, 0.1) is 27.7 Å². The minimum absolute atomic E-state index is 0.0503. The molecule has 0 saturated carbocycles. The molecule has 0 unspecified atom stereocenters. The van der Waals surface area contributed by atoms with E-state index in [0.717, 1.165) is 11.8 Å². The highest BCUT2D eigenvalue weighted by atomic mass is 16.5. The Hall–Kier alpha value is -5.06. The molecule has 3 aromatic carbocycles. The van der Waals surface area contributed by atoms with E-state index in [-0.39, 0.29) is 40.2 Å². The fourth-order valence-corrected chi connectivity index (χ4v) is 3.73. The lowest BCUT2D eigenvalue weighted by atomic mass is 10.0. The maximum absolute atomic E-state index is 13.0. The molecule has 0 saturated heterocycles. The molecular formula is C28H28N2O9. The third kappa shape index (κ3) is 6.27. The molecule has 3 aromatic rings. The van der Waals surface area contributed by atoms with Crippen LogP contribution in [-0.4, -0.2) is 53.1 Å². The first kappa shape index (κ1) is 28.5. The first-order valence-corrected chi connectivity index (χ1v) is 11.7. The number of benzene rings is 3. The number of nitrogens with one attached hydrogen (secondary N) is 1. The monoisotopic (exact) mass is 536 g/mol. The molecule has 0 bridgehead atoms. The molecule has 0 aliphatic carbocycles. The molecule has 39 heavy (non-hydrogen) atoms. The lowest BCUT2D eigenvalue weighted by Gasteiger charge is -2.16. The zero-order valence-corrected chi connectivity index (χ0v) is 22.0. The second kappa shape index (κ2) is 12.0. The molecule has 3 rings (SSSR count). The van der Waals surface area contributed by atoms with Gasteiger partial charge in [0.15, 0.2) is 6.61 Å². The number of esters is 2. The Morgan fingerprint density at radius 2 is 1.51 bits per heavy atom. The maximum Gasteiger partial charge on any atom is 0.347 e. The fourth-order valence-electron chi connectivity index (χ4n) is 3.73. The summed E-state index contributed by atoms with van der Waals surface area (Å²) < 4.78 is 15.5. The number of rotatable bonds is 8. The summed E-state index contributed by atoms with van der Waals surface area (Å²) in [5.41, 5.74) is 3.06. The quantitative estimate of drug-likeness (QED) is 0.146. The fraction of sp³-hybridized carbons (Fsp3) is 0.214. The van der Waals surface area contributed by atoms with Gasteiger partial charge in [-0.25, -0.2) is 15.0 Å². The minimum atomic E-state index is -0.997. The van der Waals surface area contributed by atoms with Crippen LogP contribution in [-0.2, 0) is 9.53 Å². The molecule has 11 nitrogen and oxygen atoms in total. The minimum Gasteiger partial charge on any atom is -0.507 e. The van der Waals surface area contributed by atoms with Crippen LogP contribution < -0.4 is 14.9 Å². The Labute approximate surface area is 224 Å². The van der Waals surface area contributed by atoms with Gasteiger partial charge in [0.05, 0.1) is 18.9 Å². The van der Waals surface area contributed by atoms with E-state index in [0.29, 0.717) is 11.3 Å². The maximum atomic E-state index is 13.0. The number of hydrogen-bond acceptors (Lipinski definition) is 10. The lowest BCUT2D eigenvalue weighted by Crippen LogP contribution is -2.24. The van der Waals surface area contributed by atoms with Gasteiger partial charge in [0.1, 0.15) is 39.9 Å². The summed E-state index contributed by atoms with van der Waals surface area (Å²) in [5, 5.41) is 35.3. The molecule has 0 heterocycles. The van der Waals surface area contributed by atoms with Gasteiger partial charge in [0.25, 0.3) is 5.91 Å². The van der Waals surface area contributed by atoms with Gasteiger partial charge in [-0.3, -0.25) is 4.79 Å². The number of carbonyl (C=O) groups is 3. The molecule has 0 atom stereocenters. The molecule has 0 fully saturated rings. The zero-order valence-electron chi connectivity index (χ0n) is 22.0. The van der Waals surface area contributed by atoms with E-state index in [4.69, 9.17) is 9.47 Å². The Morgan fingerprint density at radius 1 is 0.872 bits per heavy atom. The molecule has 0 aromatic heterocycles. The van der Waals surface area contributed by atoms with E-state index >= 15 is 0 Å².